The van der Waals surface area contributed by atoms with Crippen molar-refractivity contribution in [3.63, 3.8) is 0 Å². The summed E-state index contributed by atoms with van der Waals surface area (Å²) in [5.74, 6) is 0.602. The van der Waals surface area contributed by atoms with E-state index in [1.165, 1.54) is 25.0 Å². The molecule has 2 saturated heterocycles. The Kier molecular flexibility index (Phi) is 4.66. The van der Waals surface area contributed by atoms with Gasteiger partial charge in [-0.2, -0.15) is 4.98 Å². The number of aromatic nitrogens is 4. The molecular weight excluding hydrogens is 431 g/mol. The summed E-state index contributed by atoms with van der Waals surface area (Å²) in [4.78, 5) is 16.4. The van der Waals surface area contributed by atoms with E-state index < -0.39 is 5.82 Å². The lowest BCUT2D eigenvalue weighted by Gasteiger charge is -2.36. The number of benzene rings is 1. The van der Waals surface area contributed by atoms with Gasteiger partial charge in [-0.3, -0.25) is 4.40 Å². The third-order valence-electron chi connectivity index (χ3n) is 6.78. The SMILES string of the molecule is CN1C2CCC1CC(Nc1nccc(-c3c(-c4ccc(F)cc4Cl)nc4occn34)n1)C2. The largest absolute Gasteiger partial charge is 0.432 e. The van der Waals surface area contributed by atoms with Crippen LogP contribution in [0, 0.1) is 5.82 Å². The van der Waals surface area contributed by atoms with E-state index in [1.807, 2.05) is 10.5 Å². The smallest absolute Gasteiger partial charge is 0.306 e. The highest BCUT2D eigenvalue weighted by Crippen LogP contribution is 2.37. The summed E-state index contributed by atoms with van der Waals surface area (Å²) in [6.45, 7) is 0. The Morgan fingerprint density at radius 2 is 1.97 bits per heavy atom. The van der Waals surface area contributed by atoms with Gasteiger partial charge in [-0.1, -0.05) is 11.6 Å². The molecule has 3 aromatic heterocycles. The maximum absolute atomic E-state index is 13.6. The number of oxazole rings is 1. The number of halogens is 2. The number of nitrogens with zero attached hydrogens (tertiary/aromatic N) is 5. The van der Waals surface area contributed by atoms with Gasteiger partial charge in [-0.25, -0.2) is 14.4 Å². The molecule has 1 aromatic carbocycles. The van der Waals surface area contributed by atoms with E-state index >= 15 is 0 Å². The summed E-state index contributed by atoms with van der Waals surface area (Å²) in [5.41, 5.74) is 2.59. The third kappa shape index (κ3) is 3.25. The number of fused-ring (bicyclic) bond motifs is 3. The molecule has 5 heterocycles. The topological polar surface area (TPSA) is 71.5 Å². The summed E-state index contributed by atoms with van der Waals surface area (Å²) < 4.78 is 21.0. The Balaban J connectivity index is 1.38. The zero-order chi connectivity index (χ0) is 21.8. The Bertz CT molecular complexity index is 1290. The van der Waals surface area contributed by atoms with Crippen LogP contribution in [-0.4, -0.2) is 49.4 Å². The first-order valence-corrected chi connectivity index (χ1v) is 11.2. The van der Waals surface area contributed by atoms with Crippen molar-refractivity contribution in [1.82, 2.24) is 24.3 Å². The molecule has 0 aliphatic carbocycles. The average Bonchev–Trinajstić information content (AvgIpc) is 3.40. The van der Waals surface area contributed by atoms with Crippen molar-refractivity contribution in [2.45, 2.75) is 43.8 Å². The van der Waals surface area contributed by atoms with E-state index in [4.69, 9.17) is 21.0 Å². The minimum atomic E-state index is -0.399. The predicted molar refractivity (Wildman–Crippen MR) is 120 cm³/mol. The Morgan fingerprint density at radius 1 is 1.16 bits per heavy atom. The van der Waals surface area contributed by atoms with Crippen LogP contribution in [0.4, 0.5) is 10.3 Å². The molecule has 7 nitrogen and oxygen atoms in total. The summed E-state index contributed by atoms with van der Waals surface area (Å²) in [5, 5.41) is 3.83. The summed E-state index contributed by atoms with van der Waals surface area (Å²) in [6, 6.07) is 7.71. The number of rotatable bonds is 4. The van der Waals surface area contributed by atoms with Crippen molar-refractivity contribution >= 4 is 23.4 Å². The number of nitrogens with one attached hydrogen (secondary N) is 1. The van der Waals surface area contributed by atoms with E-state index in [-0.39, 0.29) is 5.02 Å². The molecule has 0 radical (unpaired) electrons. The first-order chi connectivity index (χ1) is 15.6. The fourth-order valence-electron chi connectivity index (χ4n) is 5.17. The molecule has 2 unspecified atom stereocenters. The third-order valence-corrected chi connectivity index (χ3v) is 7.09. The zero-order valence-corrected chi connectivity index (χ0v) is 18.3. The molecule has 0 amide bonds. The summed E-state index contributed by atoms with van der Waals surface area (Å²) >= 11 is 6.35. The number of hydrogen-bond donors (Lipinski definition) is 1. The second kappa shape index (κ2) is 7.56. The van der Waals surface area contributed by atoms with Gasteiger partial charge in [-0.15, -0.1) is 0 Å². The first-order valence-electron chi connectivity index (χ1n) is 10.8. The fraction of sp³-hybridized carbons (Fsp3) is 0.348. The van der Waals surface area contributed by atoms with Gasteiger partial charge >= 0.3 is 5.84 Å². The lowest BCUT2D eigenvalue weighted by molar-refractivity contribution is 0.168. The molecule has 164 valence electrons. The van der Waals surface area contributed by atoms with E-state index in [9.17, 15) is 4.39 Å². The van der Waals surface area contributed by atoms with Crippen molar-refractivity contribution in [3.05, 3.63) is 53.8 Å². The molecular formula is C23H22ClFN6O. The molecule has 0 saturated carbocycles. The van der Waals surface area contributed by atoms with E-state index in [0.717, 1.165) is 18.5 Å². The van der Waals surface area contributed by atoms with Gasteiger partial charge in [-0.05, 0) is 57.0 Å². The van der Waals surface area contributed by atoms with Gasteiger partial charge in [0.15, 0.2) is 0 Å². The molecule has 1 N–H and O–H groups in total. The molecule has 2 bridgehead atoms. The van der Waals surface area contributed by atoms with Crippen LogP contribution < -0.4 is 5.32 Å². The van der Waals surface area contributed by atoms with E-state index in [2.05, 4.69) is 27.2 Å². The Morgan fingerprint density at radius 3 is 2.75 bits per heavy atom. The van der Waals surface area contributed by atoms with Crippen molar-refractivity contribution in [2.24, 2.45) is 0 Å². The second-order valence-electron chi connectivity index (χ2n) is 8.62. The molecule has 2 atom stereocenters. The highest BCUT2D eigenvalue weighted by molar-refractivity contribution is 6.33. The molecule has 6 rings (SSSR count). The fourth-order valence-corrected chi connectivity index (χ4v) is 5.43. The van der Waals surface area contributed by atoms with E-state index in [1.54, 1.807) is 24.7 Å². The highest BCUT2D eigenvalue weighted by atomic mass is 35.5. The highest BCUT2D eigenvalue weighted by Gasteiger charge is 2.38. The number of piperidine rings is 1. The van der Waals surface area contributed by atoms with Gasteiger partial charge in [0.05, 0.1) is 10.7 Å². The summed E-state index contributed by atoms with van der Waals surface area (Å²) in [6.07, 6.45) is 9.79. The number of anilines is 1. The molecule has 9 heteroatoms. The predicted octanol–water partition coefficient (Wildman–Crippen LogP) is 4.88. The van der Waals surface area contributed by atoms with Gasteiger partial charge in [0.1, 0.15) is 23.5 Å². The molecule has 0 spiro atoms. The van der Waals surface area contributed by atoms with E-state index in [0.29, 0.717) is 46.9 Å². The Labute approximate surface area is 189 Å². The van der Waals surface area contributed by atoms with Crippen LogP contribution in [0.3, 0.4) is 0 Å². The molecule has 4 aromatic rings. The van der Waals surface area contributed by atoms with Crippen molar-refractivity contribution in [2.75, 3.05) is 12.4 Å². The Hall–Kier alpha value is -2.97. The van der Waals surface area contributed by atoms with Crippen LogP contribution in [0.5, 0.6) is 0 Å². The number of imidazole rings is 1. The van der Waals surface area contributed by atoms with Gasteiger partial charge in [0.2, 0.25) is 5.95 Å². The monoisotopic (exact) mass is 452 g/mol. The lowest BCUT2D eigenvalue weighted by atomic mass is 9.98. The second-order valence-corrected chi connectivity index (χ2v) is 9.02. The molecule has 2 fully saturated rings. The maximum Gasteiger partial charge on any atom is 0.306 e. The van der Waals surface area contributed by atoms with Crippen molar-refractivity contribution < 1.29 is 8.81 Å². The molecule has 32 heavy (non-hydrogen) atoms. The van der Waals surface area contributed by atoms with Gasteiger partial charge in [0, 0.05) is 36.1 Å². The summed E-state index contributed by atoms with van der Waals surface area (Å²) in [7, 11) is 2.23. The van der Waals surface area contributed by atoms with Crippen LogP contribution in [-0.2, 0) is 0 Å². The minimum absolute atomic E-state index is 0.279. The number of hydrogen-bond acceptors (Lipinski definition) is 6. The first kappa shape index (κ1) is 19.7. The quantitative estimate of drug-likeness (QED) is 0.475. The average molecular weight is 453 g/mol. The van der Waals surface area contributed by atoms with Crippen molar-refractivity contribution in [1.29, 1.82) is 0 Å². The molecule has 2 aliphatic heterocycles. The molecule has 2 aliphatic rings. The van der Waals surface area contributed by atoms with Gasteiger partial charge in [0.25, 0.3) is 0 Å². The van der Waals surface area contributed by atoms with Crippen LogP contribution in [0.25, 0.3) is 28.5 Å². The maximum atomic E-state index is 13.6. The van der Waals surface area contributed by atoms with Gasteiger partial charge < -0.3 is 14.6 Å². The van der Waals surface area contributed by atoms with Crippen LogP contribution >= 0.6 is 11.6 Å². The zero-order valence-electron chi connectivity index (χ0n) is 17.5. The van der Waals surface area contributed by atoms with Crippen LogP contribution in [0.1, 0.15) is 25.7 Å². The van der Waals surface area contributed by atoms with Crippen molar-refractivity contribution in [3.8, 4) is 22.6 Å². The van der Waals surface area contributed by atoms with Crippen LogP contribution in [0.2, 0.25) is 5.02 Å². The lowest BCUT2D eigenvalue weighted by Crippen LogP contribution is -2.44. The minimum Gasteiger partial charge on any atom is -0.432 e. The standard InChI is InChI=1S/C23H22ClFN6O/c1-30-15-3-4-16(30)12-14(11-15)27-22-26-7-6-19(28-22)21-20(29-23-31(21)8-9-32-23)17-5-2-13(25)10-18(17)24/h2,5-10,14-16H,3-4,11-12H2,1H3,(H,26,27,28). The van der Waals surface area contributed by atoms with Crippen LogP contribution in [0.15, 0.2) is 47.3 Å². The normalized spacial score (nSPS) is 23.2.